The highest BCUT2D eigenvalue weighted by Gasteiger charge is 2.11. The lowest BCUT2D eigenvalue weighted by Crippen LogP contribution is -2.22. The average Bonchev–Trinajstić information content (AvgIpc) is 2.16. The van der Waals surface area contributed by atoms with Gasteiger partial charge in [-0.1, -0.05) is 18.2 Å². The average molecular weight is 177 g/mol. The monoisotopic (exact) mass is 177 g/mol. The van der Waals surface area contributed by atoms with Gasteiger partial charge in [0, 0.05) is 19.7 Å². The van der Waals surface area contributed by atoms with Crippen molar-refractivity contribution < 1.29 is 9.59 Å². The van der Waals surface area contributed by atoms with Crippen molar-refractivity contribution in [1.82, 2.24) is 4.90 Å². The Kier molecular flexibility index (Phi) is 2.80. The molecule has 68 valence electrons. The predicted octanol–water partition coefficient (Wildman–Crippen LogP) is 1.20. The van der Waals surface area contributed by atoms with Crippen molar-refractivity contribution in [1.29, 1.82) is 0 Å². The standard InChI is InChI=1S/C10H11NO2/c1-11(2)10(13)9-6-4-3-5-8(9)7-12/h3-7H,1-2H3. The maximum absolute atomic E-state index is 11.5. The predicted molar refractivity (Wildman–Crippen MR) is 49.8 cm³/mol. The Labute approximate surface area is 77.0 Å². The molecular weight excluding hydrogens is 166 g/mol. The van der Waals surface area contributed by atoms with Crippen LogP contribution in [0.25, 0.3) is 0 Å². The molecule has 0 atom stereocenters. The molecule has 3 heteroatoms. The van der Waals surface area contributed by atoms with Gasteiger partial charge in [-0.3, -0.25) is 9.59 Å². The SMILES string of the molecule is CN(C)C(=O)c1ccccc1C=O. The van der Waals surface area contributed by atoms with E-state index in [9.17, 15) is 9.59 Å². The second-order valence-corrected chi connectivity index (χ2v) is 2.90. The summed E-state index contributed by atoms with van der Waals surface area (Å²) in [5, 5.41) is 0. The van der Waals surface area contributed by atoms with Gasteiger partial charge in [-0.2, -0.15) is 0 Å². The summed E-state index contributed by atoms with van der Waals surface area (Å²) in [7, 11) is 3.31. The van der Waals surface area contributed by atoms with E-state index in [-0.39, 0.29) is 5.91 Å². The molecule has 0 heterocycles. The van der Waals surface area contributed by atoms with Gasteiger partial charge in [0.25, 0.3) is 5.91 Å². The Balaban J connectivity index is 3.13. The van der Waals surface area contributed by atoms with Crippen molar-refractivity contribution in [2.24, 2.45) is 0 Å². The quantitative estimate of drug-likeness (QED) is 0.636. The lowest BCUT2D eigenvalue weighted by molar-refractivity contribution is 0.0824. The summed E-state index contributed by atoms with van der Waals surface area (Å²) in [5.74, 6) is -0.150. The van der Waals surface area contributed by atoms with E-state index in [0.29, 0.717) is 17.4 Å². The molecule has 0 saturated carbocycles. The highest BCUT2D eigenvalue weighted by atomic mass is 16.2. The minimum Gasteiger partial charge on any atom is -0.345 e. The normalized spacial score (nSPS) is 9.38. The number of amides is 1. The van der Waals surface area contributed by atoms with E-state index in [0.717, 1.165) is 0 Å². The van der Waals surface area contributed by atoms with Crippen LogP contribution in [0.4, 0.5) is 0 Å². The summed E-state index contributed by atoms with van der Waals surface area (Å²) < 4.78 is 0. The molecule has 0 radical (unpaired) electrons. The molecule has 1 aromatic rings. The second kappa shape index (κ2) is 3.85. The number of nitrogens with zero attached hydrogens (tertiary/aromatic N) is 1. The van der Waals surface area contributed by atoms with E-state index < -0.39 is 0 Å². The van der Waals surface area contributed by atoms with Crippen LogP contribution >= 0.6 is 0 Å². The highest BCUT2D eigenvalue weighted by molar-refractivity contribution is 6.01. The fourth-order valence-corrected chi connectivity index (χ4v) is 1.04. The van der Waals surface area contributed by atoms with Crippen LogP contribution in [0, 0.1) is 0 Å². The van der Waals surface area contributed by atoms with Gasteiger partial charge in [0.1, 0.15) is 0 Å². The third kappa shape index (κ3) is 1.93. The molecule has 1 amide bonds. The maximum Gasteiger partial charge on any atom is 0.254 e. The van der Waals surface area contributed by atoms with E-state index in [4.69, 9.17) is 0 Å². The number of aldehydes is 1. The minimum absolute atomic E-state index is 0.150. The zero-order valence-electron chi connectivity index (χ0n) is 7.65. The molecule has 0 unspecified atom stereocenters. The molecule has 0 aliphatic rings. The number of carbonyl (C=O) groups is 2. The van der Waals surface area contributed by atoms with E-state index >= 15 is 0 Å². The minimum atomic E-state index is -0.150. The van der Waals surface area contributed by atoms with Crippen molar-refractivity contribution in [2.45, 2.75) is 0 Å². The van der Waals surface area contributed by atoms with Crippen molar-refractivity contribution in [3.8, 4) is 0 Å². The molecule has 0 aliphatic heterocycles. The van der Waals surface area contributed by atoms with Crippen LogP contribution in [-0.2, 0) is 0 Å². The first-order valence-corrected chi connectivity index (χ1v) is 3.92. The zero-order valence-corrected chi connectivity index (χ0v) is 7.65. The largest absolute Gasteiger partial charge is 0.345 e. The summed E-state index contributed by atoms with van der Waals surface area (Å²) in [6.07, 6.45) is 0.691. The molecule has 3 nitrogen and oxygen atoms in total. The van der Waals surface area contributed by atoms with Crippen molar-refractivity contribution in [2.75, 3.05) is 14.1 Å². The van der Waals surface area contributed by atoms with Gasteiger partial charge in [-0.05, 0) is 6.07 Å². The molecule has 0 bridgehead atoms. The molecule has 0 aliphatic carbocycles. The smallest absolute Gasteiger partial charge is 0.254 e. The number of rotatable bonds is 2. The van der Waals surface area contributed by atoms with E-state index in [1.54, 1.807) is 38.4 Å². The van der Waals surface area contributed by atoms with Crippen LogP contribution in [-0.4, -0.2) is 31.2 Å². The topological polar surface area (TPSA) is 37.4 Å². The zero-order chi connectivity index (χ0) is 9.84. The van der Waals surface area contributed by atoms with Crippen LogP contribution in [0.3, 0.4) is 0 Å². The summed E-state index contributed by atoms with van der Waals surface area (Å²) in [4.78, 5) is 23.5. The number of benzene rings is 1. The van der Waals surface area contributed by atoms with Crippen molar-refractivity contribution >= 4 is 12.2 Å². The van der Waals surface area contributed by atoms with Crippen molar-refractivity contribution in [3.05, 3.63) is 35.4 Å². The summed E-state index contributed by atoms with van der Waals surface area (Å²) in [6, 6.07) is 6.75. The lowest BCUT2D eigenvalue weighted by atomic mass is 10.1. The molecular formula is C10H11NO2. The van der Waals surface area contributed by atoms with Gasteiger partial charge >= 0.3 is 0 Å². The molecule has 0 fully saturated rings. The van der Waals surface area contributed by atoms with Crippen LogP contribution in [0.15, 0.2) is 24.3 Å². The van der Waals surface area contributed by atoms with Gasteiger partial charge in [0.15, 0.2) is 6.29 Å². The molecule has 0 aromatic heterocycles. The van der Waals surface area contributed by atoms with Gasteiger partial charge in [-0.25, -0.2) is 0 Å². The van der Waals surface area contributed by atoms with Gasteiger partial charge < -0.3 is 4.90 Å². The first-order valence-electron chi connectivity index (χ1n) is 3.92. The molecule has 0 N–H and O–H groups in total. The van der Waals surface area contributed by atoms with Crippen LogP contribution in [0.5, 0.6) is 0 Å². The fourth-order valence-electron chi connectivity index (χ4n) is 1.04. The first kappa shape index (κ1) is 9.45. The Bertz CT molecular complexity index is 331. The van der Waals surface area contributed by atoms with Gasteiger partial charge in [0.05, 0.1) is 5.56 Å². The fraction of sp³-hybridized carbons (Fsp3) is 0.200. The maximum atomic E-state index is 11.5. The molecule has 0 spiro atoms. The van der Waals surface area contributed by atoms with Gasteiger partial charge in [-0.15, -0.1) is 0 Å². The Morgan fingerprint density at radius 3 is 2.46 bits per heavy atom. The second-order valence-electron chi connectivity index (χ2n) is 2.90. The number of hydrogen-bond donors (Lipinski definition) is 0. The Morgan fingerprint density at radius 1 is 1.31 bits per heavy atom. The van der Waals surface area contributed by atoms with Crippen LogP contribution < -0.4 is 0 Å². The first-order chi connectivity index (χ1) is 6.16. The van der Waals surface area contributed by atoms with Gasteiger partial charge in [0.2, 0.25) is 0 Å². The van der Waals surface area contributed by atoms with Crippen molar-refractivity contribution in [3.63, 3.8) is 0 Å². The van der Waals surface area contributed by atoms with Crippen LogP contribution in [0.2, 0.25) is 0 Å². The third-order valence-electron chi connectivity index (χ3n) is 1.72. The lowest BCUT2D eigenvalue weighted by Gasteiger charge is -2.11. The number of hydrogen-bond acceptors (Lipinski definition) is 2. The summed E-state index contributed by atoms with van der Waals surface area (Å²) in [6.45, 7) is 0. The summed E-state index contributed by atoms with van der Waals surface area (Å²) in [5.41, 5.74) is 0.878. The Morgan fingerprint density at radius 2 is 1.92 bits per heavy atom. The Hall–Kier alpha value is -1.64. The van der Waals surface area contributed by atoms with E-state index in [2.05, 4.69) is 0 Å². The van der Waals surface area contributed by atoms with E-state index in [1.165, 1.54) is 4.90 Å². The summed E-state index contributed by atoms with van der Waals surface area (Å²) >= 11 is 0. The third-order valence-corrected chi connectivity index (χ3v) is 1.72. The molecule has 1 aromatic carbocycles. The molecule has 0 saturated heterocycles. The number of carbonyl (C=O) groups excluding carboxylic acids is 2. The molecule has 13 heavy (non-hydrogen) atoms. The molecule has 1 rings (SSSR count). The van der Waals surface area contributed by atoms with E-state index in [1.807, 2.05) is 0 Å². The van der Waals surface area contributed by atoms with Crippen LogP contribution in [0.1, 0.15) is 20.7 Å². The highest BCUT2D eigenvalue weighted by Crippen LogP contribution is 2.07.